The van der Waals surface area contributed by atoms with Crippen molar-refractivity contribution in [3.63, 3.8) is 0 Å². The van der Waals surface area contributed by atoms with E-state index in [2.05, 4.69) is 55.4 Å². The van der Waals surface area contributed by atoms with E-state index in [0.29, 0.717) is 23.7 Å². The van der Waals surface area contributed by atoms with Crippen LogP contribution in [0.5, 0.6) is 0 Å². The molecule has 3 heteroatoms. The molecule has 0 radical (unpaired) electrons. The number of rotatable bonds is 20. The average Bonchev–Trinajstić information content (AvgIpc) is 2.79. The predicted molar refractivity (Wildman–Crippen MR) is 143 cm³/mol. The van der Waals surface area contributed by atoms with Crippen molar-refractivity contribution in [3.05, 3.63) is 0 Å². The molecule has 0 aliphatic heterocycles. The minimum absolute atomic E-state index is 0.0675. The summed E-state index contributed by atoms with van der Waals surface area (Å²) in [5.74, 6) is 2.03. The van der Waals surface area contributed by atoms with Crippen LogP contribution >= 0.6 is 23.2 Å². The molecule has 0 amide bonds. The lowest BCUT2D eigenvalue weighted by atomic mass is 9.82. The molecule has 0 heterocycles. The number of alkyl halides is 2. The maximum atomic E-state index is 7.27. The summed E-state index contributed by atoms with van der Waals surface area (Å²) in [6.45, 7) is 18.3. The molecule has 0 rings (SSSR count). The van der Waals surface area contributed by atoms with E-state index >= 15 is 0 Å². The molecular weight excluding hydrogens is 423 g/mol. The van der Waals surface area contributed by atoms with Gasteiger partial charge in [0.05, 0.1) is 23.0 Å². The van der Waals surface area contributed by atoms with E-state index in [9.17, 15) is 0 Å². The Morgan fingerprint density at radius 3 is 1.00 bits per heavy atom. The fourth-order valence-corrected chi connectivity index (χ4v) is 6.37. The van der Waals surface area contributed by atoms with Crippen molar-refractivity contribution in [2.45, 2.75) is 155 Å². The van der Waals surface area contributed by atoms with Gasteiger partial charge in [-0.1, -0.05) is 120 Å². The van der Waals surface area contributed by atoms with Gasteiger partial charge in [0, 0.05) is 0 Å². The summed E-state index contributed by atoms with van der Waals surface area (Å²) in [4.78, 5) is 0. The molecule has 0 aliphatic rings. The molecule has 0 spiro atoms. The number of unbranched alkanes of at least 4 members (excludes halogenated alkanes) is 2. The van der Waals surface area contributed by atoms with Gasteiger partial charge in [-0.25, -0.2) is 0 Å². The Morgan fingerprint density at radius 1 is 0.484 bits per heavy atom. The molecule has 0 N–H and O–H groups in total. The van der Waals surface area contributed by atoms with Crippen LogP contribution in [0.1, 0.15) is 132 Å². The zero-order valence-electron chi connectivity index (χ0n) is 22.3. The normalized spacial score (nSPS) is 18.2. The molecule has 0 aromatic carbocycles. The van der Waals surface area contributed by atoms with Crippen LogP contribution in [0.3, 0.4) is 0 Å². The van der Waals surface area contributed by atoms with Crippen molar-refractivity contribution in [2.24, 2.45) is 23.7 Å². The monoisotopic (exact) mass is 478 g/mol. The van der Waals surface area contributed by atoms with Crippen LogP contribution in [-0.4, -0.2) is 23.0 Å². The maximum Gasteiger partial charge on any atom is 0.0773 e. The van der Waals surface area contributed by atoms with Gasteiger partial charge in [-0.05, 0) is 36.5 Å². The van der Waals surface area contributed by atoms with Crippen molar-refractivity contribution in [1.29, 1.82) is 0 Å². The SMILES string of the molecule is CCCCC(CC)C(Cl)C(OC(C(CC)CC)C(Cl)C(CC)CCCC)C(CC)CC. The first kappa shape index (κ1) is 31.5. The Morgan fingerprint density at radius 2 is 0.774 bits per heavy atom. The van der Waals surface area contributed by atoms with E-state index < -0.39 is 0 Å². The zero-order valence-corrected chi connectivity index (χ0v) is 23.8. The van der Waals surface area contributed by atoms with Crippen LogP contribution in [-0.2, 0) is 4.74 Å². The molecule has 0 saturated heterocycles. The molecule has 31 heavy (non-hydrogen) atoms. The second-order valence-electron chi connectivity index (χ2n) is 9.73. The Bertz CT molecular complexity index is 358. The van der Waals surface area contributed by atoms with E-state index in [4.69, 9.17) is 27.9 Å². The zero-order chi connectivity index (χ0) is 23.8. The first-order chi connectivity index (χ1) is 14.9. The highest BCUT2D eigenvalue weighted by molar-refractivity contribution is 6.21. The number of hydrogen-bond donors (Lipinski definition) is 0. The van der Waals surface area contributed by atoms with Crippen LogP contribution in [0.15, 0.2) is 0 Å². The summed E-state index contributed by atoms with van der Waals surface area (Å²) in [5, 5.41) is 0.135. The molecule has 1 nitrogen and oxygen atoms in total. The van der Waals surface area contributed by atoms with Crippen LogP contribution in [0.2, 0.25) is 0 Å². The highest BCUT2D eigenvalue weighted by atomic mass is 35.5. The third-order valence-corrected chi connectivity index (χ3v) is 8.98. The van der Waals surface area contributed by atoms with Crippen molar-refractivity contribution < 1.29 is 4.74 Å². The Balaban J connectivity index is 5.89. The molecule has 0 fully saturated rings. The molecule has 0 saturated carbocycles. The quantitative estimate of drug-likeness (QED) is 0.158. The van der Waals surface area contributed by atoms with Gasteiger partial charge < -0.3 is 4.74 Å². The van der Waals surface area contributed by atoms with Gasteiger partial charge in [0.2, 0.25) is 0 Å². The largest absolute Gasteiger partial charge is 0.371 e. The summed E-state index contributed by atoms with van der Waals surface area (Å²) >= 11 is 14.5. The molecule has 188 valence electrons. The van der Waals surface area contributed by atoms with Gasteiger partial charge in [0.15, 0.2) is 0 Å². The smallest absolute Gasteiger partial charge is 0.0773 e. The molecule has 0 aliphatic carbocycles. The van der Waals surface area contributed by atoms with Crippen molar-refractivity contribution in [3.8, 4) is 0 Å². The van der Waals surface area contributed by atoms with Crippen molar-refractivity contribution in [1.82, 2.24) is 0 Å². The molecular formula is C28H56Cl2O. The van der Waals surface area contributed by atoms with E-state index in [1.54, 1.807) is 0 Å². The lowest BCUT2D eigenvalue weighted by Crippen LogP contribution is -2.46. The topological polar surface area (TPSA) is 9.23 Å². The molecule has 6 atom stereocenters. The minimum Gasteiger partial charge on any atom is -0.371 e. The number of halogens is 2. The molecule has 0 aromatic heterocycles. The van der Waals surface area contributed by atoms with E-state index in [-0.39, 0.29) is 23.0 Å². The molecule has 0 bridgehead atoms. The fourth-order valence-electron chi connectivity index (χ4n) is 5.23. The molecule has 0 aromatic rings. The van der Waals surface area contributed by atoms with Crippen LogP contribution in [0, 0.1) is 23.7 Å². The summed E-state index contributed by atoms with van der Waals surface area (Å²) in [5.41, 5.74) is 0. The highest BCUT2D eigenvalue weighted by Crippen LogP contribution is 2.37. The van der Waals surface area contributed by atoms with Gasteiger partial charge in [0.1, 0.15) is 0 Å². The Hall–Kier alpha value is 0.540. The van der Waals surface area contributed by atoms with Gasteiger partial charge in [-0.15, -0.1) is 23.2 Å². The van der Waals surface area contributed by atoms with E-state index in [1.165, 1.54) is 38.5 Å². The maximum absolute atomic E-state index is 7.27. The first-order valence-electron chi connectivity index (χ1n) is 13.8. The van der Waals surface area contributed by atoms with Gasteiger partial charge in [-0.3, -0.25) is 0 Å². The number of ether oxygens (including phenoxy) is 1. The predicted octanol–water partition coefficient (Wildman–Crippen LogP) is 10.3. The average molecular weight is 480 g/mol. The minimum atomic E-state index is 0.0675. The van der Waals surface area contributed by atoms with E-state index in [1.807, 2.05) is 0 Å². The van der Waals surface area contributed by atoms with Crippen molar-refractivity contribution >= 4 is 23.2 Å². The third kappa shape index (κ3) is 10.6. The van der Waals surface area contributed by atoms with Gasteiger partial charge >= 0.3 is 0 Å². The van der Waals surface area contributed by atoms with Crippen LogP contribution < -0.4 is 0 Å². The highest BCUT2D eigenvalue weighted by Gasteiger charge is 2.39. The molecule has 6 unspecified atom stereocenters. The summed E-state index contributed by atoms with van der Waals surface area (Å²) in [6, 6.07) is 0. The Labute approximate surface area is 206 Å². The second kappa shape index (κ2) is 18.9. The standard InChI is InChI=1S/C28H56Cl2O/c1-9-17-19-23(15-7)25(29)27(21(11-3)12-4)31-28(22(13-5)14-6)26(30)24(16-8)20-18-10-2/h21-28H,9-20H2,1-8H3. The van der Waals surface area contributed by atoms with Crippen LogP contribution in [0.4, 0.5) is 0 Å². The summed E-state index contributed by atoms with van der Waals surface area (Å²) < 4.78 is 7.12. The lowest BCUT2D eigenvalue weighted by Gasteiger charge is -2.41. The second-order valence-corrected chi connectivity index (χ2v) is 10.7. The first-order valence-corrected chi connectivity index (χ1v) is 14.7. The summed E-state index contributed by atoms with van der Waals surface area (Å²) in [7, 11) is 0. The van der Waals surface area contributed by atoms with Crippen LogP contribution in [0.25, 0.3) is 0 Å². The summed E-state index contributed by atoms with van der Waals surface area (Å²) in [6.07, 6.45) is 14.3. The lowest BCUT2D eigenvalue weighted by molar-refractivity contribution is -0.0867. The fraction of sp³-hybridized carbons (Fsp3) is 1.00. The van der Waals surface area contributed by atoms with E-state index in [0.717, 1.165) is 38.5 Å². The number of hydrogen-bond acceptors (Lipinski definition) is 1. The van der Waals surface area contributed by atoms with Gasteiger partial charge in [0.25, 0.3) is 0 Å². The van der Waals surface area contributed by atoms with Gasteiger partial charge in [-0.2, -0.15) is 0 Å². The third-order valence-electron chi connectivity index (χ3n) is 7.78. The Kier molecular flexibility index (Phi) is 19.2. The van der Waals surface area contributed by atoms with Crippen molar-refractivity contribution in [2.75, 3.05) is 0 Å².